The minimum atomic E-state index is -0.392. The van der Waals surface area contributed by atoms with Gasteiger partial charge in [0.15, 0.2) is 0 Å². The van der Waals surface area contributed by atoms with Crippen LogP contribution < -0.4 is 0 Å². The number of carbonyl (C=O) groups is 2. The van der Waals surface area contributed by atoms with Crippen molar-refractivity contribution in [2.75, 3.05) is 13.1 Å². The Bertz CT molecular complexity index is 783. The van der Waals surface area contributed by atoms with Gasteiger partial charge in [-0.25, -0.2) is 4.39 Å². The lowest BCUT2D eigenvalue weighted by atomic mass is 10.1. The standard InChI is InChI=1S/C22H30FN3O2/c1-5-6-14-25(15-20-8-7-13-24(20)4)21(27)16-26(17(2)3)22(28)18-9-11-19(23)12-10-18/h7-13,17H,5-6,14-16H2,1-4H3. The van der Waals surface area contributed by atoms with Crippen LogP contribution in [0.5, 0.6) is 0 Å². The van der Waals surface area contributed by atoms with E-state index < -0.39 is 5.82 Å². The summed E-state index contributed by atoms with van der Waals surface area (Å²) in [5.41, 5.74) is 1.43. The van der Waals surface area contributed by atoms with Crippen LogP contribution in [-0.2, 0) is 18.4 Å². The Hall–Kier alpha value is -2.63. The second kappa shape index (κ2) is 10.1. The van der Waals surface area contributed by atoms with E-state index >= 15 is 0 Å². The second-order valence-corrected chi connectivity index (χ2v) is 7.31. The minimum absolute atomic E-state index is 0.00200. The molecule has 0 aliphatic heterocycles. The third kappa shape index (κ3) is 5.68. The van der Waals surface area contributed by atoms with Crippen LogP contribution in [0.2, 0.25) is 0 Å². The second-order valence-electron chi connectivity index (χ2n) is 7.31. The van der Waals surface area contributed by atoms with Gasteiger partial charge in [-0.15, -0.1) is 0 Å². The summed E-state index contributed by atoms with van der Waals surface area (Å²) in [6, 6.07) is 9.23. The lowest BCUT2D eigenvalue weighted by Gasteiger charge is -2.30. The van der Waals surface area contributed by atoms with E-state index in [4.69, 9.17) is 0 Å². The van der Waals surface area contributed by atoms with E-state index in [0.717, 1.165) is 18.5 Å². The van der Waals surface area contributed by atoms with Crippen LogP contribution in [0.25, 0.3) is 0 Å². The third-order valence-electron chi connectivity index (χ3n) is 4.82. The zero-order valence-corrected chi connectivity index (χ0v) is 17.2. The molecule has 1 heterocycles. The molecule has 0 atom stereocenters. The number of carbonyl (C=O) groups excluding carboxylic acids is 2. The van der Waals surface area contributed by atoms with E-state index in [1.54, 1.807) is 4.90 Å². The maximum Gasteiger partial charge on any atom is 0.254 e. The molecule has 0 fully saturated rings. The van der Waals surface area contributed by atoms with E-state index in [1.165, 1.54) is 24.3 Å². The first-order valence-electron chi connectivity index (χ1n) is 9.78. The number of unbranched alkanes of at least 4 members (excludes halogenated alkanes) is 1. The van der Waals surface area contributed by atoms with Crippen molar-refractivity contribution >= 4 is 11.8 Å². The Morgan fingerprint density at radius 1 is 1.14 bits per heavy atom. The lowest BCUT2D eigenvalue weighted by Crippen LogP contribution is -2.46. The summed E-state index contributed by atoms with van der Waals surface area (Å²) in [5, 5.41) is 0. The third-order valence-corrected chi connectivity index (χ3v) is 4.82. The van der Waals surface area contributed by atoms with E-state index in [-0.39, 0.29) is 24.4 Å². The molecule has 2 rings (SSSR count). The summed E-state index contributed by atoms with van der Waals surface area (Å²) in [4.78, 5) is 29.3. The molecule has 5 nitrogen and oxygen atoms in total. The fraction of sp³-hybridized carbons (Fsp3) is 0.455. The first-order chi connectivity index (χ1) is 13.3. The maximum atomic E-state index is 13.2. The number of benzene rings is 1. The van der Waals surface area contributed by atoms with Gasteiger partial charge in [0.1, 0.15) is 12.4 Å². The molecule has 0 N–H and O–H groups in total. The van der Waals surface area contributed by atoms with Crippen LogP contribution in [0.3, 0.4) is 0 Å². The van der Waals surface area contributed by atoms with Gasteiger partial charge in [-0.05, 0) is 56.7 Å². The molecule has 0 spiro atoms. The van der Waals surface area contributed by atoms with Gasteiger partial charge in [0.25, 0.3) is 5.91 Å². The highest BCUT2D eigenvalue weighted by Gasteiger charge is 2.24. The molecule has 28 heavy (non-hydrogen) atoms. The van der Waals surface area contributed by atoms with Crippen LogP contribution in [0.15, 0.2) is 42.6 Å². The number of amides is 2. The molecule has 2 amide bonds. The molecule has 0 aliphatic rings. The highest BCUT2D eigenvalue weighted by Crippen LogP contribution is 2.13. The summed E-state index contributed by atoms with van der Waals surface area (Å²) in [5.74, 6) is -0.742. The molecular weight excluding hydrogens is 357 g/mol. The molecular formula is C22H30FN3O2. The van der Waals surface area contributed by atoms with Gasteiger partial charge in [-0.2, -0.15) is 0 Å². The van der Waals surface area contributed by atoms with Crippen LogP contribution in [0, 0.1) is 5.82 Å². The number of hydrogen-bond donors (Lipinski definition) is 0. The smallest absolute Gasteiger partial charge is 0.254 e. The minimum Gasteiger partial charge on any atom is -0.353 e. The van der Waals surface area contributed by atoms with E-state index in [0.29, 0.717) is 18.7 Å². The lowest BCUT2D eigenvalue weighted by molar-refractivity contribution is -0.133. The Morgan fingerprint density at radius 2 is 1.82 bits per heavy atom. The molecule has 0 bridgehead atoms. The largest absolute Gasteiger partial charge is 0.353 e. The van der Waals surface area contributed by atoms with Crippen LogP contribution >= 0.6 is 0 Å². The molecule has 152 valence electrons. The molecule has 0 radical (unpaired) electrons. The summed E-state index contributed by atoms with van der Waals surface area (Å²) in [7, 11) is 1.95. The van der Waals surface area contributed by atoms with Crippen molar-refractivity contribution in [2.45, 2.75) is 46.2 Å². The number of aryl methyl sites for hydroxylation is 1. The first kappa shape index (κ1) is 21.7. The van der Waals surface area contributed by atoms with Crippen LogP contribution in [-0.4, -0.2) is 45.3 Å². The van der Waals surface area contributed by atoms with Gasteiger partial charge in [-0.3, -0.25) is 9.59 Å². The summed E-state index contributed by atoms with van der Waals surface area (Å²) >= 11 is 0. The van der Waals surface area contributed by atoms with Crippen molar-refractivity contribution in [3.05, 3.63) is 59.7 Å². The highest BCUT2D eigenvalue weighted by atomic mass is 19.1. The topological polar surface area (TPSA) is 45.6 Å². The predicted octanol–water partition coefficient (Wildman–Crippen LogP) is 3.84. The van der Waals surface area contributed by atoms with Gasteiger partial charge < -0.3 is 14.4 Å². The number of rotatable bonds is 9. The summed E-state index contributed by atoms with van der Waals surface area (Å²) < 4.78 is 15.2. The van der Waals surface area contributed by atoms with Crippen molar-refractivity contribution < 1.29 is 14.0 Å². The van der Waals surface area contributed by atoms with Crippen molar-refractivity contribution in [2.24, 2.45) is 7.05 Å². The van der Waals surface area contributed by atoms with Crippen molar-refractivity contribution in [1.82, 2.24) is 14.4 Å². The quantitative estimate of drug-likeness (QED) is 0.656. The Morgan fingerprint density at radius 3 is 2.36 bits per heavy atom. The summed E-state index contributed by atoms with van der Waals surface area (Å²) in [6.07, 6.45) is 3.85. The molecule has 6 heteroatoms. The fourth-order valence-electron chi connectivity index (χ4n) is 2.99. The SMILES string of the molecule is CCCCN(Cc1cccn1C)C(=O)CN(C(=O)c1ccc(F)cc1)C(C)C. The van der Waals surface area contributed by atoms with Crippen molar-refractivity contribution in [3.63, 3.8) is 0 Å². The van der Waals surface area contributed by atoms with Crippen LogP contribution in [0.1, 0.15) is 49.7 Å². The number of nitrogens with zero attached hydrogens (tertiary/aromatic N) is 3. The molecule has 0 aliphatic carbocycles. The van der Waals surface area contributed by atoms with Gasteiger partial charge in [-0.1, -0.05) is 13.3 Å². The van der Waals surface area contributed by atoms with Gasteiger partial charge >= 0.3 is 0 Å². The average Bonchev–Trinajstić information content (AvgIpc) is 3.07. The molecule has 0 saturated heterocycles. The zero-order valence-electron chi connectivity index (χ0n) is 17.2. The Balaban J connectivity index is 2.15. The van der Waals surface area contributed by atoms with Crippen molar-refractivity contribution in [3.8, 4) is 0 Å². The monoisotopic (exact) mass is 387 g/mol. The number of hydrogen-bond acceptors (Lipinski definition) is 2. The first-order valence-corrected chi connectivity index (χ1v) is 9.78. The number of aromatic nitrogens is 1. The molecule has 2 aromatic rings. The maximum absolute atomic E-state index is 13.2. The molecule has 1 aromatic heterocycles. The molecule has 1 aromatic carbocycles. The van der Waals surface area contributed by atoms with E-state index in [1.807, 2.05) is 48.7 Å². The average molecular weight is 387 g/mol. The van der Waals surface area contributed by atoms with Gasteiger partial charge in [0.05, 0.1) is 6.54 Å². The highest BCUT2D eigenvalue weighted by molar-refractivity contribution is 5.96. The normalized spacial score (nSPS) is 10.9. The Labute approximate surface area is 166 Å². The van der Waals surface area contributed by atoms with E-state index in [9.17, 15) is 14.0 Å². The number of halogens is 1. The van der Waals surface area contributed by atoms with E-state index in [2.05, 4.69) is 6.92 Å². The van der Waals surface area contributed by atoms with Crippen LogP contribution in [0.4, 0.5) is 4.39 Å². The fourth-order valence-corrected chi connectivity index (χ4v) is 2.99. The molecule has 0 unspecified atom stereocenters. The molecule has 0 saturated carbocycles. The summed E-state index contributed by atoms with van der Waals surface area (Å²) in [6.45, 7) is 7.01. The zero-order chi connectivity index (χ0) is 20.7. The predicted molar refractivity (Wildman–Crippen MR) is 108 cm³/mol. The van der Waals surface area contributed by atoms with Crippen molar-refractivity contribution in [1.29, 1.82) is 0 Å². The van der Waals surface area contributed by atoms with Gasteiger partial charge in [0, 0.05) is 37.1 Å². The van der Waals surface area contributed by atoms with Gasteiger partial charge in [0.2, 0.25) is 5.91 Å². The Kier molecular flexibility index (Phi) is 7.79.